The summed E-state index contributed by atoms with van der Waals surface area (Å²) in [6.45, 7) is 5.32. The highest BCUT2D eigenvalue weighted by atomic mass is 19.4. The van der Waals surface area contributed by atoms with Crippen LogP contribution in [0.25, 0.3) is 0 Å². The molecule has 0 aromatic heterocycles. The van der Waals surface area contributed by atoms with Crippen LogP contribution in [0, 0.1) is 0 Å². The van der Waals surface area contributed by atoms with Crippen LogP contribution in [0.4, 0.5) is 36.8 Å². The zero-order valence-corrected chi connectivity index (χ0v) is 18.0. The van der Waals surface area contributed by atoms with Gasteiger partial charge in [0.05, 0.1) is 11.1 Å². The lowest BCUT2D eigenvalue weighted by Crippen LogP contribution is -2.60. The Morgan fingerprint density at radius 2 is 1.41 bits per heavy atom. The van der Waals surface area contributed by atoms with E-state index in [0.29, 0.717) is 12.1 Å². The number of rotatable bonds is 3. The number of hydrogen-bond donors (Lipinski definition) is 2. The monoisotopic (exact) mass is 469 g/mol. The molecule has 0 saturated carbocycles. The van der Waals surface area contributed by atoms with Gasteiger partial charge in [0, 0.05) is 18.8 Å². The van der Waals surface area contributed by atoms with Gasteiger partial charge < -0.3 is 20.3 Å². The van der Waals surface area contributed by atoms with Gasteiger partial charge in [0.25, 0.3) is 0 Å². The largest absolute Gasteiger partial charge is 0.444 e. The summed E-state index contributed by atoms with van der Waals surface area (Å²) in [5, 5.41) is 4.97. The van der Waals surface area contributed by atoms with Crippen LogP contribution in [0.15, 0.2) is 18.2 Å². The summed E-state index contributed by atoms with van der Waals surface area (Å²) in [7, 11) is 1.45. The molecule has 0 radical (unpaired) electrons. The van der Waals surface area contributed by atoms with E-state index in [9.17, 15) is 35.9 Å². The molecule has 1 aromatic carbocycles. The molecular weight excluding hydrogens is 444 g/mol. The number of piperidine rings is 1. The van der Waals surface area contributed by atoms with E-state index in [-0.39, 0.29) is 32.0 Å². The van der Waals surface area contributed by atoms with Gasteiger partial charge in [-0.15, -0.1) is 0 Å². The van der Waals surface area contributed by atoms with Gasteiger partial charge in [0.15, 0.2) is 0 Å². The molecule has 0 spiro atoms. The smallest absolute Gasteiger partial charge is 0.416 e. The van der Waals surface area contributed by atoms with E-state index < -0.39 is 52.3 Å². The Morgan fingerprint density at radius 3 is 1.78 bits per heavy atom. The van der Waals surface area contributed by atoms with Crippen molar-refractivity contribution in [3.8, 4) is 0 Å². The molecule has 180 valence electrons. The van der Waals surface area contributed by atoms with Gasteiger partial charge in [-0.3, -0.25) is 4.79 Å². The third-order valence-corrected chi connectivity index (χ3v) is 5.03. The Hall–Kier alpha value is -2.50. The average molecular weight is 469 g/mol. The van der Waals surface area contributed by atoms with E-state index in [0.717, 1.165) is 0 Å². The van der Waals surface area contributed by atoms with Gasteiger partial charge in [0.2, 0.25) is 5.91 Å². The number of nitrogens with one attached hydrogen (secondary N) is 2. The Kier molecular flexibility index (Phi) is 7.08. The first-order valence-electron chi connectivity index (χ1n) is 9.75. The fourth-order valence-electron chi connectivity index (χ4n) is 3.27. The number of anilines is 1. The number of alkyl halides is 6. The highest BCUT2D eigenvalue weighted by Crippen LogP contribution is 2.38. The summed E-state index contributed by atoms with van der Waals surface area (Å²) in [4.78, 5) is 26.5. The van der Waals surface area contributed by atoms with Crippen molar-refractivity contribution in [2.45, 2.75) is 57.1 Å². The van der Waals surface area contributed by atoms with E-state index in [1.165, 1.54) is 11.9 Å². The van der Waals surface area contributed by atoms with E-state index in [2.05, 4.69) is 10.6 Å². The first-order chi connectivity index (χ1) is 14.5. The average Bonchev–Trinajstić information content (AvgIpc) is 2.65. The molecule has 1 aromatic rings. The molecule has 2 amide bonds. The van der Waals surface area contributed by atoms with Crippen LogP contribution in [0.5, 0.6) is 0 Å². The number of halogens is 6. The van der Waals surface area contributed by atoms with Crippen LogP contribution in [0.2, 0.25) is 0 Å². The van der Waals surface area contributed by atoms with E-state index >= 15 is 0 Å². The van der Waals surface area contributed by atoms with E-state index in [4.69, 9.17) is 4.74 Å². The Labute approximate surface area is 181 Å². The first-order valence-corrected chi connectivity index (χ1v) is 9.75. The second-order valence-electron chi connectivity index (χ2n) is 8.55. The predicted molar refractivity (Wildman–Crippen MR) is 104 cm³/mol. The number of likely N-dealkylation sites (tertiary alicyclic amines) is 1. The first kappa shape index (κ1) is 25.8. The number of benzene rings is 1. The molecule has 32 heavy (non-hydrogen) atoms. The maximum atomic E-state index is 13.1. The fraction of sp³-hybridized carbons (Fsp3) is 0.600. The van der Waals surface area contributed by atoms with Crippen molar-refractivity contribution in [2.75, 3.05) is 25.5 Å². The summed E-state index contributed by atoms with van der Waals surface area (Å²) in [6, 6.07) is 0.890. The van der Waals surface area contributed by atoms with Crippen molar-refractivity contribution >= 4 is 17.7 Å². The zero-order valence-electron chi connectivity index (χ0n) is 18.0. The second-order valence-corrected chi connectivity index (χ2v) is 8.55. The molecule has 1 heterocycles. The molecular formula is C20H25F6N3O3. The minimum atomic E-state index is -5.03. The van der Waals surface area contributed by atoms with Crippen LogP contribution in [0.3, 0.4) is 0 Å². The minimum Gasteiger partial charge on any atom is -0.444 e. The van der Waals surface area contributed by atoms with Gasteiger partial charge in [-0.2, -0.15) is 26.3 Å². The number of carbonyl (C=O) groups excluding carboxylic acids is 2. The highest BCUT2D eigenvalue weighted by molar-refractivity contribution is 5.98. The third kappa shape index (κ3) is 6.27. The predicted octanol–water partition coefficient (Wildman–Crippen LogP) is 4.65. The van der Waals surface area contributed by atoms with Gasteiger partial charge in [-0.25, -0.2) is 4.79 Å². The topological polar surface area (TPSA) is 70.7 Å². The van der Waals surface area contributed by atoms with Crippen LogP contribution >= 0.6 is 0 Å². The lowest BCUT2D eigenvalue weighted by atomic mass is 9.86. The summed E-state index contributed by atoms with van der Waals surface area (Å²) < 4.78 is 83.7. The minimum absolute atomic E-state index is 0.0111. The normalized spacial score (nSPS) is 17.1. The number of nitrogens with zero attached hydrogens (tertiary/aromatic N) is 1. The lowest BCUT2D eigenvalue weighted by molar-refractivity contribution is -0.143. The molecule has 2 N–H and O–H groups in total. The molecule has 0 aliphatic carbocycles. The summed E-state index contributed by atoms with van der Waals surface area (Å²) in [5.41, 5.74) is -5.68. The summed E-state index contributed by atoms with van der Waals surface area (Å²) >= 11 is 0. The number of ether oxygens (including phenoxy) is 1. The van der Waals surface area contributed by atoms with Gasteiger partial charge in [0.1, 0.15) is 11.1 Å². The molecule has 0 atom stereocenters. The van der Waals surface area contributed by atoms with Gasteiger partial charge in [-0.1, -0.05) is 0 Å². The van der Waals surface area contributed by atoms with Gasteiger partial charge in [-0.05, 0) is 58.9 Å². The molecule has 1 fully saturated rings. The molecule has 1 aliphatic heterocycles. The number of hydrogen-bond acceptors (Lipinski definition) is 4. The third-order valence-electron chi connectivity index (χ3n) is 5.03. The molecule has 6 nitrogen and oxygen atoms in total. The fourth-order valence-corrected chi connectivity index (χ4v) is 3.27. The van der Waals surface area contributed by atoms with Gasteiger partial charge >= 0.3 is 18.4 Å². The van der Waals surface area contributed by atoms with Crippen molar-refractivity contribution in [3.63, 3.8) is 0 Å². The molecule has 0 unspecified atom stereocenters. The Balaban J connectivity index is 2.21. The number of carbonyl (C=O) groups is 2. The SMILES string of the molecule is CNC1(C(=O)Nc2cc(C(F)(F)F)cc(C(F)(F)F)c2)CCN(C(=O)OC(C)(C)C)CC1. The Bertz CT molecular complexity index is 821. The van der Waals surface area contributed by atoms with Crippen molar-refractivity contribution in [2.24, 2.45) is 0 Å². The molecule has 12 heteroatoms. The van der Waals surface area contributed by atoms with E-state index in [1.54, 1.807) is 20.8 Å². The maximum absolute atomic E-state index is 13.1. The zero-order chi connectivity index (χ0) is 24.5. The van der Waals surface area contributed by atoms with Crippen molar-refractivity contribution in [1.29, 1.82) is 0 Å². The Morgan fingerprint density at radius 1 is 0.938 bits per heavy atom. The summed E-state index contributed by atoms with van der Waals surface area (Å²) in [6.07, 6.45) is -10.5. The van der Waals surface area contributed by atoms with Crippen molar-refractivity contribution < 1.29 is 40.7 Å². The standard InChI is InChI=1S/C20H25F6N3O3/c1-17(2,3)32-16(31)29-7-5-18(27-4,6-8-29)15(30)28-14-10-12(19(21,22)23)9-13(11-14)20(24,25)26/h9-11,27H,5-8H2,1-4H3,(H,28,30). The molecule has 1 aliphatic rings. The lowest BCUT2D eigenvalue weighted by Gasteiger charge is -2.40. The van der Waals surface area contributed by atoms with Crippen LogP contribution in [0.1, 0.15) is 44.7 Å². The highest BCUT2D eigenvalue weighted by Gasteiger charge is 2.43. The number of likely N-dealkylation sites (N-methyl/N-ethyl adjacent to an activating group) is 1. The molecule has 1 saturated heterocycles. The van der Waals surface area contributed by atoms with Crippen LogP contribution in [-0.4, -0.2) is 48.2 Å². The van der Waals surface area contributed by atoms with Crippen molar-refractivity contribution in [1.82, 2.24) is 10.2 Å². The van der Waals surface area contributed by atoms with Crippen LogP contribution in [-0.2, 0) is 21.9 Å². The molecule has 2 rings (SSSR count). The van der Waals surface area contributed by atoms with Crippen LogP contribution < -0.4 is 10.6 Å². The van der Waals surface area contributed by atoms with Crippen molar-refractivity contribution in [3.05, 3.63) is 29.3 Å². The maximum Gasteiger partial charge on any atom is 0.416 e. The molecule has 0 bridgehead atoms. The second kappa shape index (κ2) is 8.80. The number of amides is 2. The van der Waals surface area contributed by atoms with E-state index in [1.807, 2.05) is 0 Å². The summed E-state index contributed by atoms with van der Waals surface area (Å²) in [5.74, 6) is -0.795. The quantitative estimate of drug-likeness (QED) is 0.633.